The van der Waals surface area contributed by atoms with Gasteiger partial charge >= 0.3 is 0 Å². The van der Waals surface area contributed by atoms with Crippen LogP contribution in [0.5, 0.6) is 11.5 Å². The second-order valence-corrected chi connectivity index (χ2v) is 8.42. The van der Waals surface area contributed by atoms with E-state index in [0.717, 1.165) is 5.56 Å². The molecule has 0 radical (unpaired) electrons. The molecule has 8 heteroatoms. The Hall–Kier alpha value is -2.58. The first-order chi connectivity index (χ1) is 13.1. The molecule has 0 aliphatic rings. The van der Waals surface area contributed by atoms with Crippen LogP contribution < -0.4 is 19.5 Å². The molecule has 2 N–H and O–H groups in total. The van der Waals surface area contributed by atoms with Gasteiger partial charge in [0.2, 0.25) is 10.0 Å². The topological polar surface area (TPSA) is 93.7 Å². The standard InChI is InChI=1S/C20H26N2O5S/c1-13(2)22-28(24,25)17-9-10-19(26-5)18(12-17)21-20(23)15(4)27-16-8-6-7-14(3)11-16/h6-13,15,22H,1-5H3,(H,21,23)/t15-/m0/s1. The molecule has 2 aromatic rings. The molecule has 1 amide bonds. The van der Waals surface area contributed by atoms with E-state index < -0.39 is 22.0 Å². The Morgan fingerprint density at radius 3 is 2.39 bits per heavy atom. The number of hydrogen-bond donors (Lipinski definition) is 2. The minimum atomic E-state index is -3.70. The average molecular weight is 407 g/mol. The molecule has 0 spiro atoms. The van der Waals surface area contributed by atoms with E-state index in [1.807, 2.05) is 25.1 Å². The van der Waals surface area contributed by atoms with Crippen molar-refractivity contribution in [1.82, 2.24) is 4.72 Å². The molecule has 0 saturated heterocycles. The van der Waals surface area contributed by atoms with Gasteiger partial charge in [-0.25, -0.2) is 13.1 Å². The number of aryl methyl sites for hydroxylation is 1. The van der Waals surface area contributed by atoms with E-state index in [0.29, 0.717) is 11.5 Å². The number of methoxy groups -OCH3 is 1. The van der Waals surface area contributed by atoms with Gasteiger partial charge in [-0.3, -0.25) is 4.79 Å². The SMILES string of the molecule is COc1ccc(S(=O)(=O)NC(C)C)cc1NC(=O)[C@H](C)Oc1cccc(C)c1. The van der Waals surface area contributed by atoms with Crippen LogP contribution in [0, 0.1) is 6.92 Å². The molecule has 0 fully saturated rings. The predicted molar refractivity (Wildman–Crippen MR) is 108 cm³/mol. The number of ether oxygens (including phenoxy) is 2. The smallest absolute Gasteiger partial charge is 0.265 e. The first-order valence-corrected chi connectivity index (χ1v) is 10.3. The average Bonchev–Trinajstić information content (AvgIpc) is 2.60. The number of nitrogens with one attached hydrogen (secondary N) is 2. The summed E-state index contributed by atoms with van der Waals surface area (Å²) in [4.78, 5) is 12.6. The molecule has 2 aromatic carbocycles. The van der Waals surface area contributed by atoms with Gasteiger partial charge in [-0.05, 0) is 63.6 Å². The van der Waals surface area contributed by atoms with E-state index in [9.17, 15) is 13.2 Å². The molecule has 0 aromatic heterocycles. The molecule has 0 aliphatic carbocycles. The van der Waals surface area contributed by atoms with Crippen molar-refractivity contribution in [2.75, 3.05) is 12.4 Å². The van der Waals surface area contributed by atoms with E-state index in [1.165, 1.54) is 25.3 Å². The minimum Gasteiger partial charge on any atom is -0.495 e. The lowest BCUT2D eigenvalue weighted by Crippen LogP contribution is -2.31. The van der Waals surface area contributed by atoms with E-state index in [-0.39, 0.29) is 16.6 Å². The summed E-state index contributed by atoms with van der Waals surface area (Å²) in [6.07, 6.45) is -0.791. The van der Waals surface area contributed by atoms with Gasteiger partial charge in [-0.15, -0.1) is 0 Å². The maximum absolute atomic E-state index is 12.6. The zero-order valence-corrected chi connectivity index (χ0v) is 17.5. The predicted octanol–water partition coefficient (Wildman–Crippen LogP) is 3.10. The molecule has 0 aliphatic heterocycles. The fourth-order valence-electron chi connectivity index (χ4n) is 2.51. The van der Waals surface area contributed by atoms with Crippen LogP contribution in [-0.4, -0.2) is 33.6 Å². The molecule has 152 valence electrons. The highest BCUT2D eigenvalue weighted by Gasteiger charge is 2.21. The van der Waals surface area contributed by atoms with Crippen LogP contribution in [0.15, 0.2) is 47.4 Å². The Morgan fingerprint density at radius 1 is 1.07 bits per heavy atom. The Bertz CT molecular complexity index is 941. The normalized spacial score (nSPS) is 12.5. The molecule has 0 unspecified atom stereocenters. The van der Waals surface area contributed by atoms with Crippen molar-refractivity contribution in [2.45, 2.75) is 44.7 Å². The summed E-state index contributed by atoms with van der Waals surface area (Å²) in [6, 6.07) is 11.4. The maximum Gasteiger partial charge on any atom is 0.265 e. The van der Waals surface area contributed by atoms with Crippen molar-refractivity contribution in [3.8, 4) is 11.5 Å². The molecule has 7 nitrogen and oxygen atoms in total. The highest BCUT2D eigenvalue weighted by atomic mass is 32.2. The largest absolute Gasteiger partial charge is 0.495 e. The van der Waals surface area contributed by atoms with Crippen molar-refractivity contribution < 1.29 is 22.7 Å². The van der Waals surface area contributed by atoms with Crippen molar-refractivity contribution in [2.24, 2.45) is 0 Å². The maximum atomic E-state index is 12.6. The van der Waals surface area contributed by atoms with Crippen LogP contribution in [0.4, 0.5) is 5.69 Å². The van der Waals surface area contributed by atoms with Gasteiger partial charge in [0.15, 0.2) is 6.10 Å². The zero-order valence-electron chi connectivity index (χ0n) is 16.6. The van der Waals surface area contributed by atoms with Gasteiger partial charge in [0, 0.05) is 6.04 Å². The van der Waals surface area contributed by atoms with E-state index in [1.54, 1.807) is 26.8 Å². The summed E-state index contributed by atoms with van der Waals surface area (Å²) < 4.78 is 38.2. The lowest BCUT2D eigenvalue weighted by Gasteiger charge is -2.17. The Labute approximate surface area is 166 Å². The minimum absolute atomic E-state index is 0.0320. The van der Waals surface area contributed by atoms with Crippen molar-refractivity contribution >= 4 is 21.6 Å². The molecular formula is C20H26N2O5S. The van der Waals surface area contributed by atoms with Crippen LogP contribution in [0.3, 0.4) is 0 Å². The lowest BCUT2D eigenvalue weighted by molar-refractivity contribution is -0.122. The number of amides is 1. The van der Waals surface area contributed by atoms with E-state index >= 15 is 0 Å². The highest BCUT2D eigenvalue weighted by molar-refractivity contribution is 7.89. The van der Waals surface area contributed by atoms with Gasteiger partial charge in [0.25, 0.3) is 5.91 Å². The zero-order chi connectivity index (χ0) is 20.9. The first-order valence-electron chi connectivity index (χ1n) is 8.87. The highest BCUT2D eigenvalue weighted by Crippen LogP contribution is 2.28. The third kappa shape index (κ3) is 5.71. The van der Waals surface area contributed by atoms with E-state index in [4.69, 9.17) is 9.47 Å². The summed E-state index contributed by atoms with van der Waals surface area (Å²) in [5, 5.41) is 2.68. The van der Waals surface area contributed by atoms with Crippen molar-refractivity contribution in [3.05, 3.63) is 48.0 Å². The van der Waals surface area contributed by atoms with Crippen LogP contribution in [0.25, 0.3) is 0 Å². The number of rotatable bonds is 8. The van der Waals surface area contributed by atoms with E-state index in [2.05, 4.69) is 10.0 Å². The Kier molecular flexibility index (Phi) is 7.04. The molecule has 2 rings (SSSR count). The third-order valence-corrected chi connectivity index (χ3v) is 5.46. The fraction of sp³-hybridized carbons (Fsp3) is 0.350. The van der Waals surface area contributed by atoms with Crippen molar-refractivity contribution in [1.29, 1.82) is 0 Å². The molecule has 28 heavy (non-hydrogen) atoms. The van der Waals surface area contributed by atoms with Gasteiger partial charge < -0.3 is 14.8 Å². The second-order valence-electron chi connectivity index (χ2n) is 6.70. The molecule has 1 atom stereocenters. The summed E-state index contributed by atoms with van der Waals surface area (Å²) in [5.41, 5.74) is 1.26. The Balaban J connectivity index is 2.21. The number of sulfonamides is 1. The summed E-state index contributed by atoms with van der Waals surface area (Å²) in [6.45, 7) is 7.01. The van der Waals surface area contributed by atoms with Crippen LogP contribution in [0.1, 0.15) is 26.3 Å². The van der Waals surface area contributed by atoms with Crippen LogP contribution >= 0.6 is 0 Å². The monoisotopic (exact) mass is 406 g/mol. The van der Waals surface area contributed by atoms with Crippen LogP contribution in [0.2, 0.25) is 0 Å². The molecule has 0 bridgehead atoms. The summed E-state index contributed by atoms with van der Waals surface area (Å²) in [7, 11) is -2.26. The summed E-state index contributed by atoms with van der Waals surface area (Å²) >= 11 is 0. The lowest BCUT2D eigenvalue weighted by atomic mass is 10.2. The number of hydrogen-bond acceptors (Lipinski definition) is 5. The summed E-state index contributed by atoms with van der Waals surface area (Å²) in [5.74, 6) is 0.498. The fourth-order valence-corrected chi connectivity index (χ4v) is 3.79. The number of anilines is 1. The van der Waals surface area contributed by atoms with Gasteiger partial charge in [0.1, 0.15) is 11.5 Å². The third-order valence-electron chi connectivity index (χ3n) is 3.80. The quantitative estimate of drug-likeness (QED) is 0.703. The Morgan fingerprint density at radius 2 is 1.79 bits per heavy atom. The molecule has 0 saturated carbocycles. The van der Waals surface area contributed by atoms with Gasteiger partial charge in [-0.1, -0.05) is 12.1 Å². The molecular weight excluding hydrogens is 380 g/mol. The van der Waals surface area contributed by atoms with Crippen LogP contribution in [-0.2, 0) is 14.8 Å². The second kappa shape index (κ2) is 9.07. The van der Waals surface area contributed by atoms with Crippen molar-refractivity contribution in [3.63, 3.8) is 0 Å². The molecule has 0 heterocycles. The first kappa shape index (κ1) is 21.7. The van der Waals surface area contributed by atoms with Gasteiger partial charge in [0.05, 0.1) is 17.7 Å². The number of benzene rings is 2. The number of carbonyl (C=O) groups excluding carboxylic acids is 1. The number of carbonyl (C=O) groups is 1. The van der Waals surface area contributed by atoms with Gasteiger partial charge in [-0.2, -0.15) is 0 Å².